The van der Waals surface area contributed by atoms with Gasteiger partial charge in [0.05, 0.1) is 0 Å². The average Bonchev–Trinajstić information content (AvgIpc) is 2.68. The lowest BCUT2D eigenvalue weighted by Gasteiger charge is -2.26. The summed E-state index contributed by atoms with van der Waals surface area (Å²) < 4.78 is 0. The van der Waals surface area contributed by atoms with Gasteiger partial charge in [0.2, 0.25) is 0 Å². The van der Waals surface area contributed by atoms with E-state index in [-0.39, 0.29) is 0 Å². The number of rotatable bonds is 4. The van der Waals surface area contributed by atoms with Crippen LogP contribution in [0, 0.1) is 0 Å². The van der Waals surface area contributed by atoms with E-state index in [9.17, 15) is 0 Å². The standard InChI is InChI=1S/C12H20N2S/c1-2-3-11-4-5-12(15-11)10-14-8-6-13-7-9-14/h4-5,13H,2-3,6-10H2,1H3. The summed E-state index contributed by atoms with van der Waals surface area (Å²) in [6, 6.07) is 4.60. The first-order chi connectivity index (χ1) is 7.38. The van der Waals surface area contributed by atoms with Crippen LogP contribution in [0.5, 0.6) is 0 Å². The number of aryl methyl sites for hydroxylation is 1. The van der Waals surface area contributed by atoms with E-state index in [1.165, 1.54) is 30.8 Å². The largest absolute Gasteiger partial charge is 0.314 e. The molecule has 1 N–H and O–H groups in total. The zero-order valence-electron chi connectivity index (χ0n) is 9.46. The molecule has 0 bridgehead atoms. The van der Waals surface area contributed by atoms with Crippen LogP contribution in [0.2, 0.25) is 0 Å². The lowest BCUT2D eigenvalue weighted by atomic mass is 10.3. The minimum absolute atomic E-state index is 1.15. The van der Waals surface area contributed by atoms with Gasteiger partial charge in [-0.3, -0.25) is 4.90 Å². The molecule has 84 valence electrons. The quantitative estimate of drug-likeness (QED) is 0.842. The summed E-state index contributed by atoms with van der Waals surface area (Å²) in [4.78, 5) is 5.61. The number of nitrogens with zero attached hydrogens (tertiary/aromatic N) is 1. The second kappa shape index (κ2) is 5.64. The van der Waals surface area contributed by atoms with Gasteiger partial charge in [-0.05, 0) is 18.6 Å². The smallest absolute Gasteiger partial charge is 0.0329 e. The van der Waals surface area contributed by atoms with Gasteiger partial charge in [0, 0.05) is 42.5 Å². The summed E-state index contributed by atoms with van der Waals surface area (Å²) in [5, 5.41) is 3.39. The Bertz CT molecular complexity index is 290. The molecular weight excluding hydrogens is 204 g/mol. The van der Waals surface area contributed by atoms with E-state index in [0.29, 0.717) is 0 Å². The fourth-order valence-electron chi connectivity index (χ4n) is 1.98. The summed E-state index contributed by atoms with van der Waals surface area (Å²) in [6.07, 6.45) is 2.50. The van der Waals surface area contributed by atoms with Crippen molar-refractivity contribution in [2.24, 2.45) is 0 Å². The first-order valence-electron chi connectivity index (χ1n) is 5.89. The first-order valence-corrected chi connectivity index (χ1v) is 6.71. The van der Waals surface area contributed by atoms with Gasteiger partial charge in [-0.2, -0.15) is 0 Å². The lowest BCUT2D eigenvalue weighted by molar-refractivity contribution is 0.235. The molecule has 0 atom stereocenters. The molecule has 2 rings (SSSR count). The van der Waals surface area contributed by atoms with Crippen molar-refractivity contribution >= 4 is 11.3 Å². The molecule has 0 unspecified atom stereocenters. The third-order valence-corrected chi connectivity index (χ3v) is 3.93. The van der Waals surface area contributed by atoms with E-state index in [0.717, 1.165) is 19.6 Å². The zero-order valence-corrected chi connectivity index (χ0v) is 10.3. The third-order valence-electron chi connectivity index (χ3n) is 2.80. The Morgan fingerprint density at radius 3 is 2.73 bits per heavy atom. The van der Waals surface area contributed by atoms with Crippen molar-refractivity contribution in [3.05, 3.63) is 21.9 Å². The zero-order chi connectivity index (χ0) is 10.5. The summed E-state index contributed by atoms with van der Waals surface area (Å²) in [5.41, 5.74) is 0. The number of hydrogen-bond donors (Lipinski definition) is 1. The minimum atomic E-state index is 1.15. The summed E-state index contributed by atoms with van der Waals surface area (Å²) in [5.74, 6) is 0. The van der Waals surface area contributed by atoms with E-state index in [1.54, 1.807) is 4.88 Å². The van der Waals surface area contributed by atoms with Gasteiger partial charge < -0.3 is 5.32 Å². The summed E-state index contributed by atoms with van der Waals surface area (Å²) in [6.45, 7) is 8.08. The molecule has 2 heterocycles. The molecule has 0 aromatic carbocycles. The number of thiophene rings is 1. The van der Waals surface area contributed by atoms with Crippen molar-refractivity contribution in [2.45, 2.75) is 26.3 Å². The van der Waals surface area contributed by atoms with Gasteiger partial charge in [-0.15, -0.1) is 11.3 Å². The van der Waals surface area contributed by atoms with Crippen LogP contribution in [0.25, 0.3) is 0 Å². The van der Waals surface area contributed by atoms with E-state index in [1.807, 2.05) is 11.3 Å². The van der Waals surface area contributed by atoms with Gasteiger partial charge in [-0.1, -0.05) is 13.3 Å². The third kappa shape index (κ3) is 3.30. The molecule has 1 aliphatic rings. The minimum Gasteiger partial charge on any atom is -0.314 e. The second-order valence-electron chi connectivity index (χ2n) is 4.14. The van der Waals surface area contributed by atoms with Crippen molar-refractivity contribution in [1.29, 1.82) is 0 Å². The predicted molar refractivity (Wildman–Crippen MR) is 66.5 cm³/mol. The van der Waals surface area contributed by atoms with Crippen molar-refractivity contribution in [3.8, 4) is 0 Å². The number of hydrogen-bond acceptors (Lipinski definition) is 3. The van der Waals surface area contributed by atoms with Crippen LogP contribution in [-0.4, -0.2) is 31.1 Å². The Morgan fingerprint density at radius 1 is 1.27 bits per heavy atom. The van der Waals surface area contributed by atoms with Gasteiger partial charge >= 0.3 is 0 Å². The van der Waals surface area contributed by atoms with Crippen LogP contribution >= 0.6 is 11.3 Å². The van der Waals surface area contributed by atoms with Crippen LogP contribution < -0.4 is 5.32 Å². The van der Waals surface area contributed by atoms with Crippen LogP contribution in [0.1, 0.15) is 23.1 Å². The Morgan fingerprint density at radius 2 is 2.00 bits per heavy atom. The molecule has 1 aliphatic heterocycles. The van der Waals surface area contributed by atoms with Gasteiger partial charge in [0.15, 0.2) is 0 Å². The van der Waals surface area contributed by atoms with Gasteiger partial charge in [-0.25, -0.2) is 0 Å². The summed E-state index contributed by atoms with van der Waals surface area (Å²) >= 11 is 1.99. The van der Waals surface area contributed by atoms with Crippen LogP contribution in [0.15, 0.2) is 12.1 Å². The Balaban J connectivity index is 1.86. The molecule has 0 saturated carbocycles. The molecule has 3 heteroatoms. The van der Waals surface area contributed by atoms with Gasteiger partial charge in [0.25, 0.3) is 0 Å². The fourth-order valence-corrected chi connectivity index (χ4v) is 3.14. The first kappa shape index (κ1) is 11.1. The molecule has 0 aliphatic carbocycles. The van der Waals surface area contributed by atoms with Crippen molar-refractivity contribution in [1.82, 2.24) is 10.2 Å². The van der Waals surface area contributed by atoms with E-state index in [4.69, 9.17) is 0 Å². The molecule has 1 aromatic heterocycles. The molecule has 1 aromatic rings. The van der Waals surface area contributed by atoms with E-state index in [2.05, 4.69) is 29.3 Å². The Labute approximate surface area is 96.3 Å². The van der Waals surface area contributed by atoms with Crippen LogP contribution in [0.4, 0.5) is 0 Å². The lowest BCUT2D eigenvalue weighted by Crippen LogP contribution is -2.42. The molecule has 2 nitrogen and oxygen atoms in total. The molecule has 0 amide bonds. The second-order valence-corrected chi connectivity index (χ2v) is 5.40. The molecule has 1 fully saturated rings. The SMILES string of the molecule is CCCc1ccc(CN2CCNCC2)s1. The fraction of sp³-hybridized carbons (Fsp3) is 0.667. The molecular formula is C12H20N2S. The van der Waals surface area contributed by atoms with Crippen molar-refractivity contribution in [2.75, 3.05) is 26.2 Å². The maximum absolute atomic E-state index is 3.39. The number of piperazine rings is 1. The highest BCUT2D eigenvalue weighted by atomic mass is 32.1. The predicted octanol–water partition coefficient (Wildman–Crippen LogP) is 2.11. The molecule has 1 saturated heterocycles. The summed E-state index contributed by atoms with van der Waals surface area (Å²) in [7, 11) is 0. The number of nitrogens with one attached hydrogen (secondary N) is 1. The topological polar surface area (TPSA) is 15.3 Å². The molecule has 0 spiro atoms. The Hall–Kier alpha value is -0.380. The van der Waals surface area contributed by atoms with E-state index >= 15 is 0 Å². The normalized spacial score (nSPS) is 18.2. The molecule has 15 heavy (non-hydrogen) atoms. The average molecular weight is 224 g/mol. The van der Waals surface area contributed by atoms with Crippen molar-refractivity contribution < 1.29 is 0 Å². The maximum atomic E-state index is 3.39. The molecule has 0 radical (unpaired) electrons. The van der Waals surface area contributed by atoms with E-state index < -0.39 is 0 Å². The highest BCUT2D eigenvalue weighted by Crippen LogP contribution is 2.19. The highest BCUT2D eigenvalue weighted by Gasteiger charge is 2.10. The monoisotopic (exact) mass is 224 g/mol. The van der Waals surface area contributed by atoms with Crippen molar-refractivity contribution in [3.63, 3.8) is 0 Å². The van der Waals surface area contributed by atoms with Gasteiger partial charge in [0.1, 0.15) is 0 Å². The Kier molecular flexibility index (Phi) is 4.18. The van der Waals surface area contributed by atoms with Crippen LogP contribution in [-0.2, 0) is 13.0 Å². The highest BCUT2D eigenvalue weighted by molar-refractivity contribution is 7.11. The van der Waals surface area contributed by atoms with Crippen LogP contribution in [0.3, 0.4) is 0 Å². The maximum Gasteiger partial charge on any atom is 0.0329 e.